The van der Waals surface area contributed by atoms with Gasteiger partial charge in [0.2, 0.25) is 10.0 Å². The van der Waals surface area contributed by atoms with Crippen LogP contribution in [0.1, 0.15) is 12.5 Å². The van der Waals surface area contributed by atoms with Crippen molar-refractivity contribution in [3.05, 3.63) is 29.8 Å². The molecule has 5 nitrogen and oxygen atoms in total. The molecule has 0 heterocycles. The minimum Gasteiger partial charge on any atom is -0.316 e. The lowest BCUT2D eigenvalue weighted by atomic mass is 10.2. The van der Waals surface area contributed by atoms with Gasteiger partial charge in [0.05, 0.1) is 4.90 Å². The quantitative estimate of drug-likeness (QED) is 0.731. The Balaban J connectivity index is 2.64. The maximum Gasteiger partial charge on any atom is 0.240 e. The van der Waals surface area contributed by atoms with Crippen molar-refractivity contribution in [3.63, 3.8) is 0 Å². The third-order valence-electron chi connectivity index (χ3n) is 2.56. The summed E-state index contributed by atoms with van der Waals surface area (Å²) in [5, 5.41) is 3.00. The number of sulfonamides is 1. The van der Waals surface area contributed by atoms with E-state index >= 15 is 0 Å². The summed E-state index contributed by atoms with van der Waals surface area (Å²) in [5.74, 6) is 0.883. The molecule has 1 atom stereocenters. The Morgan fingerprint density at radius 3 is 2.37 bits per heavy atom. The standard InChI is InChI=1S/C12H20N2O3S2/c1-3-18(15)9-8-14-19(16,17)12-6-4-11(5-7-12)10-13-2/h4-7,13-14H,3,8-10H2,1-2H3. The molecule has 0 aromatic heterocycles. The maximum atomic E-state index is 11.9. The average Bonchev–Trinajstić information content (AvgIpc) is 2.39. The zero-order valence-corrected chi connectivity index (χ0v) is 12.8. The first-order valence-corrected chi connectivity index (χ1v) is 9.05. The predicted octanol–water partition coefficient (Wildman–Crippen LogP) is 0.453. The van der Waals surface area contributed by atoms with E-state index in [2.05, 4.69) is 10.0 Å². The van der Waals surface area contributed by atoms with E-state index in [1.165, 1.54) is 0 Å². The van der Waals surface area contributed by atoms with Gasteiger partial charge in [-0.25, -0.2) is 13.1 Å². The number of nitrogens with one attached hydrogen (secondary N) is 2. The van der Waals surface area contributed by atoms with E-state index in [-0.39, 0.29) is 11.4 Å². The summed E-state index contributed by atoms with van der Waals surface area (Å²) in [7, 11) is -2.63. The van der Waals surface area contributed by atoms with Crippen molar-refractivity contribution in [3.8, 4) is 0 Å². The van der Waals surface area contributed by atoms with Crippen LogP contribution in [0.25, 0.3) is 0 Å². The molecule has 0 saturated carbocycles. The van der Waals surface area contributed by atoms with Gasteiger partial charge in [0.25, 0.3) is 0 Å². The van der Waals surface area contributed by atoms with Crippen molar-refractivity contribution >= 4 is 20.8 Å². The molecule has 0 fully saturated rings. The highest BCUT2D eigenvalue weighted by molar-refractivity contribution is 7.89. The number of rotatable bonds is 8. The molecule has 7 heteroatoms. The highest BCUT2D eigenvalue weighted by Gasteiger charge is 2.13. The SMILES string of the molecule is CCS(=O)CCNS(=O)(=O)c1ccc(CNC)cc1. The molecule has 0 aliphatic rings. The second-order valence-electron chi connectivity index (χ2n) is 4.00. The lowest BCUT2D eigenvalue weighted by Gasteiger charge is -2.07. The second-order valence-corrected chi connectivity index (χ2v) is 7.64. The van der Waals surface area contributed by atoms with Gasteiger partial charge < -0.3 is 5.32 Å². The molecule has 1 rings (SSSR count). The third kappa shape index (κ3) is 5.40. The van der Waals surface area contributed by atoms with E-state index in [1.807, 2.05) is 14.0 Å². The van der Waals surface area contributed by atoms with Crippen LogP contribution in [-0.2, 0) is 27.4 Å². The Bertz CT molecular complexity index is 512. The summed E-state index contributed by atoms with van der Waals surface area (Å²) in [6.45, 7) is 2.70. The molecule has 0 bridgehead atoms. The van der Waals surface area contributed by atoms with Gasteiger partial charge in [0, 0.05) is 35.4 Å². The molecule has 0 spiro atoms. The molecule has 0 radical (unpaired) electrons. The van der Waals surface area contributed by atoms with Gasteiger partial charge in [-0.3, -0.25) is 4.21 Å². The van der Waals surface area contributed by atoms with Crippen LogP contribution >= 0.6 is 0 Å². The molecule has 0 aliphatic carbocycles. The number of hydrogen-bond donors (Lipinski definition) is 2. The van der Waals surface area contributed by atoms with Gasteiger partial charge in [-0.2, -0.15) is 0 Å². The van der Waals surface area contributed by atoms with Crippen LogP contribution < -0.4 is 10.0 Å². The third-order valence-corrected chi connectivity index (χ3v) is 5.34. The van der Waals surface area contributed by atoms with Gasteiger partial charge in [-0.15, -0.1) is 0 Å². The van der Waals surface area contributed by atoms with Gasteiger partial charge in [0.15, 0.2) is 0 Å². The molecule has 0 saturated heterocycles. The summed E-state index contributed by atoms with van der Waals surface area (Å²) in [6.07, 6.45) is 0. The van der Waals surface area contributed by atoms with Gasteiger partial charge in [0.1, 0.15) is 0 Å². The summed E-state index contributed by atoms with van der Waals surface area (Å²) in [5.41, 5.74) is 1.02. The Morgan fingerprint density at radius 2 is 1.84 bits per heavy atom. The molecular formula is C12H20N2O3S2. The smallest absolute Gasteiger partial charge is 0.240 e. The van der Waals surface area contributed by atoms with Gasteiger partial charge >= 0.3 is 0 Å². The molecule has 2 N–H and O–H groups in total. The molecule has 0 aliphatic heterocycles. The normalized spacial score (nSPS) is 13.4. The topological polar surface area (TPSA) is 75.3 Å². The van der Waals surface area contributed by atoms with Crippen LogP contribution in [0.5, 0.6) is 0 Å². The Hall–Kier alpha value is -0.760. The van der Waals surface area contributed by atoms with Gasteiger partial charge in [-0.1, -0.05) is 19.1 Å². The van der Waals surface area contributed by atoms with E-state index in [4.69, 9.17) is 0 Å². The summed E-state index contributed by atoms with van der Waals surface area (Å²) in [4.78, 5) is 0.231. The second kappa shape index (κ2) is 7.74. The summed E-state index contributed by atoms with van der Waals surface area (Å²) in [6, 6.07) is 6.70. The maximum absolute atomic E-state index is 11.9. The predicted molar refractivity (Wildman–Crippen MR) is 77.9 cm³/mol. The minimum atomic E-state index is -3.50. The fourth-order valence-electron chi connectivity index (χ4n) is 1.51. The minimum absolute atomic E-state index is 0.195. The van der Waals surface area contributed by atoms with E-state index in [0.29, 0.717) is 18.1 Å². The first-order valence-electron chi connectivity index (χ1n) is 6.07. The molecular weight excluding hydrogens is 284 g/mol. The lowest BCUT2D eigenvalue weighted by molar-refractivity contribution is 0.584. The zero-order chi connectivity index (χ0) is 14.3. The van der Waals surface area contributed by atoms with Crippen LogP contribution in [0.3, 0.4) is 0 Å². The molecule has 1 unspecified atom stereocenters. The monoisotopic (exact) mass is 304 g/mol. The first kappa shape index (κ1) is 16.3. The summed E-state index contributed by atoms with van der Waals surface area (Å²) >= 11 is 0. The van der Waals surface area contributed by atoms with E-state index in [0.717, 1.165) is 5.56 Å². The van der Waals surface area contributed by atoms with E-state index < -0.39 is 20.8 Å². The molecule has 1 aromatic carbocycles. The van der Waals surface area contributed by atoms with Crippen LogP contribution in [0, 0.1) is 0 Å². The van der Waals surface area contributed by atoms with Crippen molar-refractivity contribution in [2.24, 2.45) is 0 Å². The van der Waals surface area contributed by atoms with Gasteiger partial charge in [-0.05, 0) is 24.7 Å². The highest BCUT2D eigenvalue weighted by atomic mass is 32.2. The highest BCUT2D eigenvalue weighted by Crippen LogP contribution is 2.10. The largest absolute Gasteiger partial charge is 0.316 e. The molecule has 19 heavy (non-hydrogen) atoms. The van der Waals surface area contributed by atoms with E-state index in [9.17, 15) is 12.6 Å². The number of hydrogen-bond acceptors (Lipinski definition) is 4. The molecule has 108 valence electrons. The zero-order valence-electron chi connectivity index (χ0n) is 11.2. The first-order chi connectivity index (χ1) is 8.99. The van der Waals surface area contributed by atoms with E-state index in [1.54, 1.807) is 24.3 Å². The average molecular weight is 304 g/mol. The Morgan fingerprint density at radius 1 is 1.21 bits per heavy atom. The summed E-state index contributed by atoms with van der Waals surface area (Å²) < 4.78 is 37.6. The fraction of sp³-hybridized carbons (Fsp3) is 0.500. The number of benzene rings is 1. The van der Waals surface area contributed by atoms with Crippen molar-refractivity contribution < 1.29 is 12.6 Å². The lowest BCUT2D eigenvalue weighted by Crippen LogP contribution is -2.28. The van der Waals surface area contributed by atoms with Crippen LogP contribution in [0.15, 0.2) is 29.2 Å². The Labute approximate surface area is 117 Å². The van der Waals surface area contributed by atoms with Crippen molar-refractivity contribution in [1.82, 2.24) is 10.0 Å². The fourth-order valence-corrected chi connectivity index (χ4v) is 3.29. The van der Waals surface area contributed by atoms with Crippen molar-refractivity contribution in [2.45, 2.75) is 18.4 Å². The van der Waals surface area contributed by atoms with Crippen LogP contribution in [0.2, 0.25) is 0 Å². The van der Waals surface area contributed by atoms with Crippen LogP contribution in [-0.4, -0.2) is 37.7 Å². The van der Waals surface area contributed by atoms with Crippen molar-refractivity contribution in [2.75, 3.05) is 25.1 Å². The van der Waals surface area contributed by atoms with Crippen molar-refractivity contribution in [1.29, 1.82) is 0 Å². The molecule has 1 aromatic rings. The van der Waals surface area contributed by atoms with Crippen LogP contribution in [0.4, 0.5) is 0 Å². The Kier molecular flexibility index (Phi) is 6.64. The molecule has 0 amide bonds.